The van der Waals surface area contributed by atoms with E-state index in [9.17, 15) is 0 Å². The fraction of sp³-hybridized carbons (Fsp3) is 0.217. The fourth-order valence-corrected chi connectivity index (χ4v) is 10.5. The Balaban J connectivity index is 2.03. The van der Waals surface area contributed by atoms with Crippen LogP contribution in [0.15, 0.2) is 91.0 Å². The molecule has 1 aliphatic carbocycles. The van der Waals surface area contributed by atoms with E-state index in [1.165, 1.54) is 25.7 Å². The molecular weight excluding hydrogens is 307 g/mol. The first kappa shape index (κ1) is 15.6. The number of hydrogen-bond donors (Lipinski definition) is 0. The van der Waals surface area contributed by atoms with E-state index in [-0.39, 0.29) is 0 Å². The molecule has 0 N–H and O–H groups in total. The minimum absolute atomic E-state index is 0.796. The molecule has 0 radical (unpaired) electrons. The third-order valence-electron chi connectivity index (χ3n) is 5.65. The molecule has 0 spiro atoms. The van der Waals surface area contributed by atoms with Crippen LogP contribution in [0.5, 0.6) is 0 Å². The Labute approximate surface area is 145 Å². The minimum atomic E-state index is -1.99. The Morgan fingerprint density at radius 1 is 0.500 bits per heavy atom. The van der Waals surface area contributed by atoms with Gasteiger partial charge in [-0.1, -0.05) is 0 Å². The summed E-state index contributed by atoms with van der Waals surface area (Å²) in [5.74, 6) is 0. The molecule has 0 aromatic heterocycles. The second kappa shape index (κ2) is 6.91. The van der Waals surface area contributed by atoms with Crippen molar-refractivity contribution < 1.29 is 0 Å². The van der Waals surface area contributed by atoms with Crippen molar-refractivity contribution in [3.63, 3.8) is 0 Å². The van der Waals surface area contributed by atoms with Crippen molar-refractivity contribution in [2.45, 2.75) is 31.3 Å². The van der Waals surface area contributed by atoms with E-state index in [1.54, 1.807) is 15.9 Å². The predicted octanol–water partition coefficient (Wildman–Crippen LogP) is 4.66. The molecule has 0 heterocycles. The summed E-state index contributed by atoms with van der Waals surface area (Å²) < 4.78 is 0. The van der Waals surface area contributed by atoms with Gasteiger partial charge in [0, 0.05) is 0 Å². The Kier molecular flexibility index (Phi) is 4.50. The van der Waals surface area contributed by atoms with E-state index in [1.807, 2.05) is 0 Å². The van der Waals surface area contributed by atoms with Gasteiger partial charge in [-0.15, -0.1) is 0 Å². The van der Waals surface area contributed by atoms with Crippen LogP contribution in [0.2, 0.25) is 0 Å². The van der Waals surface area contributed by atoms with E-state index in [2.05, 4.69) is 91.0 Å². The van der Waals surface area contributed by atoms with Crippen LogP contribution in [0, 0.1) is 0 Å². The summed E-state index contributed by atoms with van der Waals surface area (Å²) in [5.41, 5.74) is 0.796. The first-order valence-corrected chi connectivity index (χ1v) is 11.2. The summed E-state index contributed by atoms with van der Waals surface area (Å²) in [5, 5.41) is 4.69. The van der Waals surface area contributed by atoms with Crippen molar-refractivity contribution >= 4 is 23.2 Å². The Bertz CT molecular complexity index is 662. The zero-order valence-electron chi connectivity index (χ0n) is 14.1. The van der Waals surface area contributed by atoms with Crippen molar-refractivity contribution in [2.24, 2.45) is 0 Å². The average molecular weight is 332 g/mol. The molecule has 0 bridgehead atoms. The molecule has 24 heavy (non-hydrogen) atoms. The van der Waals surface area contributed by atoms with Crippen LogP contribution in [0.25, 0.3) is 0 Å². The van der Waals surface area contributed by atoms with Gasteiger partial charge in [-0.25, -0.2) is 0 Å². The first-order valence-electron chi connectivity index (χ1n) is 9.09. The van der Waals surface area contributed by atoms with E-state index in [0.717, 1.165) is 5.66 Å². The standard InChI is InChI=1S/C23H25P/c1-4-12-20(13-5-1)24(23-18-10-11-19-23,21-14-6-2-7-15-21)22-16-8-3-9-17-22/h1-9,12-17,23-24H,10-11,18-19H2. The van der Waals surface area contributed by atoms with E-state index in [4.69, 9.17) is 0 Å². The molecule has 1 fully saturated rings. The fourth-order valence-electron chi connectivity index (χ4n) is 4.67. The quantitative estimate of drug-likeness (QED) is 0.610. The molecule has 3 aromatic carbocycles. The normalized spacial score (nSPS) is 16.2. The Hall–Kier alpha value is -1.91. The molecule has 0 atom stereocenters. The number of benzene rings is 3. The number of hydrogen-bond acceptors (Lipinski definition) is 0. The molecule has 1 aliphatic rings. The second-order valence-corrected chi connectivity index (χ2v) is 11.1. The van der Waals surface area contributed by atoms with Gasteiger partial charge in [-0.2, -0.15) is 0 Å². The number of rotatable bonds is 4. The van der Waals surface area contributed by atoms with Crippen LogP contribution in [-0.4, -0.2) is 5.66 Å². The van der Waals surface area contributed by atoms with Crippen molar-refractivity contribution in [2.75, 3.05) is 0 Å². The Morgan fingerprint density at radius 2 is 0.833 bits per heavy atom. The van der Waals surface area contributed by atoms with Crippen LogP contribution in [0.4, 0.5) is 0 Å². The van der Waals surface area contributed by atoms with E-state index in [0.29, 0.717) is 0 Å². The van der Waals surface area contributed by atoms with Crippen molar-refractivity contribution in [3.8, 4) is 0 Å². The van der Waals surface area contributed by atoms with Gasteiger partial charge in [-0.05, 0) is 0 Å². The molecule has 0 saturated heterocycles. The van der Waals surface area contributed by atoms with E-state index >= 15 is 0 Å². The summed E-state index contributed by atoms with van der Waals surface area (Å²) in [7, 11) is -1.99. The molecule has 0 nitrogen and oxygen atoms in total. The van der Waals surface area contributed by atoms with E-state index < -0.39 is 7.26 Å². The van der Waals surface area contributed by atoms with Gasteiger partial charge in [0.25, 0.3) is 0 Å². The topological polar surface area (TPSA) is 0 Å². The molecular formula is C23H25P. The molecule has 0 unspecified atom stereocenters. The van der Waals surface area contributed by atoms with Crippen LogP contribution in [-0.2, 0) is 0 Å². The first-order chi connectivity index (χ1) is 11.9. The van der Waals surface area contributed by atoms with Crippen molar-refractivity contribution in [3.05, 3.63) is 91.0 Å². The Morgan fingerprint density at radius 3 is 1.17 bits per heavy atom. The van der Waals surface area contributed by atoms with Gasteiger partial charge in [0.15, 0.2) is 0 Å². The molecule has 1 heteroatoms. The van der Waals surface area contributed by atoms with Crippen LogP contribution < -0.4 is 15.9 Å². The van der Waals surface area contributed by atoms with Crippen LogP contribution in [0.1, 0.15) is 25.7 Å². The maximum atomic E-state index is 2.38. The van der Waals surface area contributed by atoms with Gasteiger partial charge in [-0.3, -0.25) is 0 Å². The van der Waals surface area contributed by atoms with Gasteiger partial charge in [0.2, 0.25) is 0 Å². The third-order valence-corrected chi connectivity index (χ3v) is 11.2. The monoisotopic (exact) mass is 332 g/mol. The van der Waals surface area contributed by atoms with Crippen molar-refractivity contribution in [1.82, 2.24) is 0 Å². The van der Waals surface area contributed by atoms with Gasteiger partial charge >= 0.3 is 146 Å². The van der Waals surface area contributed by atoms with Gasteiger partial charge in [0.1, 0.15) is 0 Å². The SMILES string of the molecule is c1ccc([PH](c2ccccc2)(c2ccccc2)C2CCCC2)cc1. The summed E-state index contributed by atoms with van der Waals surface area (Å²) in [4.78, 5) is 0. The molecule has 3 aromatic rings. The summed E-state index contributed by atoms with van der Waals surface area (Å²) in [6.07, 6.45) is 5.49. The predicted molar refractivity (Wildman–Crippen MR) is 109 cm³/mol. The van der Waals surface area contributed by atoms with Gasteiger partial charge < -0.3 is 0 Å². The molecule has 122 valence electrons. The van der Waals surface area contributed by atoms with Crippen LogP contribution >= 0.6 is 7.26 Å². The zero-order valence-corrected chi connectivity index (χ0v) is 15.1. The summed E-state index contributed by atoms with van der Waals surface area (Å²) in [6, 6.07) is 34.0. The summed E-state index contributed by atoms with van der Waals surface area (Å²) >= 11 is 0. The third kappa shape index (κ3) is 2.60. The molecule has 4 rings (SSSR count). The summed E-state index contributed by atoms with van der Waals surface area (Å²) in [6.45, 7) is 0. The van der Waals surface area contributed by atoms with Crippen molar-refractivity contribution in [1.29, 1.82) is 0 Å². The molecule has 0 aliphatic heterocycles. The van der Waals surface area contributed by atoms with Crippen LogP contribution in [0.3, 0.4) is 0 Å². The molecule has 0 amide bonds. The van der Waals surface area contributed by atoms with Gasteiger partial charge in [0.05, 0.1) is 0 Å². The second-order valence-electron chi connectivity index (χ2n) is 6.89. The zero-order chi connectivity index (χ0) is 16.2. The maximum absolute atomic E-state index is 2.38. The molecule has 1 saturated carbocycles. The average Bonchev–Trinajstić information content (AvgIpc) is 3.20.